The monoisotopic (exact) mass is 322 g/mol. The number of aliphatic hydroxyl groups is 1. The molecule has 0 unspecified atom stereocenters. The average molecular weight is 322 g/mol. The lowest BCUT2D eigenvalue weighted by Gasteiger charge is -2.18. The highest BCUT2D eigenvalue weighted by Crippen LogP contribution is 2.31. The fourth-order valence-corrected chi connectivity index (χ4v) is 2.67. The molecule has 3 rings (SSSR count). The van der Waals surface area contributed by atoms with Gasteiger partial charge in [0, 0.05) is 6.42 Å². The van der Waals surface area contributed by atoms with Gasteiger partial charge < -0.3 is 15.7 Å². The summed E-state index contributed by atoms with van der Waals surface area (Å²) in [5.74, 6) is -4.48. The molecular formula is C16H13F3N2O2. The molecule has 1 aliphatic rings. The van der Waals surface area contributed by atoms with E-state index in [1.807, 2.05) is 12.1 Å². The van der Waals surface area contributed by atoms with Crippen molar-refractivity contribution in [3.63, 3.8) is 0 Å². The highest BCUT2D eigenvalue weighted by Gasteiger charge is 2.32. The van der Waals surface area contributed by atoms with Crippen molar-refractivity contribution in [3.05, 3.63) is 65.0 Å². The van der Waals surface area contributed by atoms with E-state index in [4.69, 9.17) is 0 Å². The summed E-state index contributed by atoms with van der Waals surface area (Å²) in [5, 5.41) is 14.7. The number of aliphatic hydroxyl groups excluding tert-OH is 1. The minimum atomic E-state index is -1.66. The molecule has 2 aromatic carbocycles. The molecule has 23 heavy (non-hydrogen) atoms. The zero-order chi connectivity index (χ0) is 16.6. The van der Waals surface area contributed by atoms with E-state index in [1.54, 1.807) is 12.1 Å². The molecule has 0 bridgehead atoms. The number of amides is 2. The summed E-state index contributed by atoms with van der Waals surface area (Å²) in [6, 6.07) is 7.38. The highest BCUT2D eigenvalue weighted by atomic mass is 19.2. The number of carbonyl (C=O) groups excluding carboxylic acids is 1. The average Bonchev–Trinajstić information content (AvgIpc) is 2.84. The molecule has 0 aliphatic heterocycles. The van der Waals surface area contributed by atoms with Gasteiger partial charge in [-0.3, -0.25) is 0 Å². The number of hydrogen-bond acceptors (Lipinski definition) is 2. The first kappa shape index (κ1) is 15.4. The van der Waals surface area contributed by atoms with Crippen LogP contribution >= 0.6 is 0 Å². The summed E-state index contributed by atoms with van der Waals surface area (Å²) >= 11 is 0. The first-order valence-corrected chi connectivity index (χ1v) is 6.94. The standard InChI is InChI=1S/C16H13F3N2O2/c17-10-5-6-11(14(19)13(10)18)20-16(23)21-15-9-4-2-1-3-8(9)7-12(15)22/h1-6,12,15,22H,7H2,(H2,20,21,23)/t12-,15+/m1/s1. The summed E-state index contributed by atoms with van der Waals surface area (Å²) in [7, 11) is 0. The summed E-state index contributed by atoms with van der Waals surface area (Å²) in [6.45, 7) is 0. The first-order valence-electron chi connectivity index (χ1n) is 6.94. The molecule has 0 aromatic heterocycles. The molecular weight excluding hydrogens is 309 g/mol. The molecule has 0 fully saturated rings. The van der Waals surface area contributed by atoms with E-state index in [0.717, 1.165) is 17.2 Å². The van der Waals surface area contributed by atoms with Crippen molar-refractivity contribution in [2.75, 3.05) is 5.32 Å². The molecule has 0 saturated carbocycles. The van der Waals surface area contributed by atoms with Crippen LogP contribution in [-0.2, 0) is 6.42 Å². The van der Waals surface area contributed by atoms with Crippen LogP contribution in [0.3, 0.4) is 0 Å². The molecule has 0 heterocycles. The van der Waals surface area contributed by atoms with Crippen LogP contribution in [-0.4, -0.2) is 17.2 Å². The van der Waals surface area contributed by atoms with Gasteiger partial charge in [-0.05, 0) is 23.3 Å². The number of carbonyl (C=O) groups is 1. The Morgan fingerprint density at radius 3 is 2.61 bits per heavy atom. The Morgan fingerprint density at radius 1 is 1.09 bits per heavy atom. The van der Waals surface area contributed by atoms with E-state index < -0.39 is 41.3 Å². The lowest BCUT2D eigenvalue weighted by atomic mass is 10.1. The second kappa shape index (κ2) is 5.92. The predicted octanol–water partition coefficient (Wildman–Crippen LogP) is 2.88. The van der Waals surface area contributed by atoms with Crippen molar-refractivity contribution in [2.24, 2.45) is 0 Å². The van der Waals surface area contributed by atoms with Crippen LogP contribution in [0.4, 0.5) is 23.7 Å². The summed E-state index contributed by atoms with van der Waals surface area (Å²) in [5.41, 5.74) is 1.19. The van der Waals surface area contributed by atoms with Crippen molar-refractivity contribution in [2.45, 2.75) is 18.6 Å². The summed E-state index contributed by atoms with van der Waals surface area (Å²) in [6.07, 6.45) is -0.423. The minimum absolute atomic E-state index is 0.390. The Labute approximate surface area is 129 Å². The Morgan fingerprint density at radius 2 is 1.83 bits per heavy atom. The number of fused-ring (bicyclic) bond motifs is 1. The van der Waals surface area contributed by atoms with E-state index in [2.05, 4.69) is 10.6 Å². The molecule has 2 atom stereocenters. The van der Waals surface area contributed by atoms with E-state index in [-0.39, 0.29) is 0 Å². The van der Waals surface area contributed by atoms with Crippen LogP contribution in [0.2, 0.25) is 0 Å². The topological polar surface area (TPSA) is 61.4 Å². The predicted molar refractivity (Wildman–Crippen MR) is 77.4 cm³/mol. The molecule has 1 aliphatic carbocycles. The lowest BCUT2D eigenvalue weighted by molar-refractivity contribution is 0.144. The van der Waals surface area contributed by atoms with E-state index in [9.17, 15) is 23.1 Å². The molecule has 120 valence electrons. The number of rotatable bonds is 2. The fourth-order valence-electron chi connectivity index (χ4n) is 2.67. The zero-order valence-electron chi connectivity index (χ0n) is 11.8. The Hall–Kier alpha value is -2.54. The van der Waals surface area contributed by atoms with E-state index in [1.165, 1.54) is 0 Å². The van der Waals surface area contributed by atoms with Gasteiger partial charge in [-0.25, -0.2) is 18.0 Å². The Balaban J connectivity index is 1.75. The van der Waals surface area contributed by atoms with Crippen molar-refractivity contribution in [1.82, 2.24) is 5.32 Å². The molecule has 0 saturated heterocycles. The largest absolute Gasteiger partial charge is 0.390 e. The van der Waals surface area contributed by atoms with Gasteiger partial charge in [0.15, 0.2) is 17.5 Å². The second-order valence-electron chi connectivity index (χ2n) is 5.27. The van der Waals surface area contributed by atoms with E-state index >= 15 is 0 Å². The molecule has 0 spiro atoms. The van der Waals surface area contributed by atoms with Crippen molar-refractivity contribution in [1.29, 1.82) is 0 Å². The third kappa shape index (κ3) is 2.87. The van der Waals surface area contributed by atoms with Gasteiger partial charge in [0.2, 0.25) is 0 Å². The van der Waals surface area contributed by atoms with Gasteiger partial charge in [0.25, 0.3) is 0 Å². The summed E-state index contributed by atoms with van der Waals surface area (Å²) in [4.78, 5) is 12.0. The minimum Gasteiger partial charge on any atom is -0.390 e. The van der Waals surface area contributed by atoms with E-state index in [0.29, 0.717) is 12.5 Å². The third-order valence-corrected chi connectivity index (χ3v) is 3.77. The third-order valence-electron chi connectivity index (χ3n) is 3.77. The van der Waals surface area contributed by atoms with Crippen LogP contribution in [0.15, 0.2) is 36.4 Å². The van der Waals surface area contributed by atoms with Crippen LogP contribution < -0.4 is 10.6 Å². The summed E-state index contributed by atoms with van der Waals surface area (Å²) < 4.78 is 39.6. The number of halogens is 3. The number of hydrogen-bond donors (Lipinski definition) is 3. The van der Waals surface area contributed by atoms with Gasteiger partial charge in [-0.15, -0.1) is 0 Å². The first-order chi connectivity index (χ1) is 11.0. The van der Waals surface area contributed by atoms with Crippen LogP contribution in [0, 0.1) is 17.5 Å². The molecule has 2 amide bonds. The SMILES string of the molecule is O=C(Nc1ccc(F)c(F)c1F)N[C@H]1c2ccccc2C[C@H]1O. The fraction of sp³-hybridized carbons (Fsp3) is 0.188. The Bertz CT molecular complexity index is 767. The normalized spacial score (nSPS) is 19.3. The van der Waals surface area contributed by atoms with Gasteiger partial charge in [0.05, 0.1) is 17.8 Å². The number of benzene rings is 2. The van der Waals surface area contributed by atoms with Crippen molar-refractivity contribution < 1.29 is 23.1 Å². The maximum absolute atomic E-state index is 13.5. The maximum Gasteiger partial charge on any atom is 0.319 e. The van der Waals surface area contributed by atoms with Gasteiger partial charge in [0.1, 0.15) is 0 Å². The smallest absolute Gasteiger partial charge is 0.319 e. The molecule has 0 radical (unpaired) electrons. The van der Waals surface area contributed by atoms with Crippen molar-refractivity contribution in [3.8, 4) is 0 Å². The van der Waals surface area contributed by atoms with Crippen LogP contribution in [0.1, 0.15) is 17.2 Å². The van der Waals surface area contributed by atoms with Gasteiger partial charge >= 0.3 is 6.03 Å². The lowest BCUT2D eigenvalue weighted by Crippen LogP contribution is -2.37. The van der Waals surface area contributed by atoms with Crippen molar-refractivity contribution >= 4 is 11.7 Å². The second-order valence-corrected chi connectivity index (χ2v) is 5.27. The molecule has 4 nitrogen and oxygen atoms in total. The Kier molecular flexibility index (Phi) is 3.96. The maximum atomic E-state index is 13.5. The van der Waals surface area contributed by atoms with Crippen LogP contribution in [0.25, 0.3) is 0 Å². The quantitative estimate of drug-likeness (QED) is 0.745. The number of nitrogens with one attached hydrogen (secondary N) is 2. The number of urea groups is 1. The van der Waals surface area contributed by atoms with Gasteiger partial charge in [-0.1, -0.05) is 24.3 Å². The number of anilines is 1. The van der Waals surface area contributed by atoms with Crippen LogP contribution in [0.5, 0.6) is 0 Å². The zero-order valence-corrected chi connectivity index (χ0v) is 11.8. The molecule has 2 aromatic rings. The molecule has 3 N–H and O–H groups in total. The van der Waals surface area contributed by atoms with Gasteiger partial charge in [-0.2, -0.15) is 0 Å². The highest BCUT2D eigenvalue weighted by molar-refractivity contribution is 5.89. The molecule has 7 heteroatoms.